The van der Waals surface area contributed by atoms with Crippen molar-refractivity contribution in [2.45, 2.75) is 32.7 Å². The predicted molar refractivity (Wildman–Crippen MR) is 65.5 cm³/mol. The number of nitrogens with zero attached hydrogens (tertiary/aromatic N) is 1. The molecule has 2 nitrogen and oxygen atoms in total. The topological polar surface area (TPSA) is 38.9 Å². The second-order valence-electron chi connectivity index (χ2n) is 5.18. The molecule has 0 aliphatic heterocycles. The van der Waals surface area contributed by atoms with Crippen molar-refractivity contribution < 1.29 is 0 Å². The van der Waals surface area contributed by atoms with E-state index in [9.17, 15) is 0 Å². The van der Waals surface area contributed by atoms with E-state index in [0.717, 1.165) is 10.9 Å². The van der Waals surface area contributed by atoms with E-state index in [4.69, 9.17) is 5.73 Å². The summed E-state index contributed by atoms with van der Waals surface area (Å²) in [6.45, 7) is 4.58. The first-order valence-corrected chi connectivity index (χ1v) is 6.13. The highest BCUT2D eigenvalue weighted by Gasteiger charge is 2.48. The lowest BCUT2D eigenvalue weighted by Crippen LogP contribution is -2.27. The van der Waals surface area contributed by atoms with Crippen LogP contribution in [-0.2, 0) is 6.42 Å². The molecule has 1 heterocycles. The van der Waals surface area contributed by atoms with Crippen LogP contribution >= 0.6 is 15.9 Å². The van der Waals surface area contributed by atoms with E-state index in [-0.39, 0.29) is 6.04 Å². The molecule has 0 radical (unpaired) electrons. The zero-order valence-corrected chi connectivity index (χ0v) is 10.8. The monoisotopic (exact) mass is 268 g/mol. The van der Waals surface area contributed by atoms with Gasteiger partial charge in [0.15, 0.2) is 0 Å². The number of pyridine rings is 1. The summed E-state index contributed by atoms with van der Waals surface area (Å²) in [5.74, 6) is 0.677. The van der Waals surface area contributed by atoms with Gasteiger partial charge in [-0.05, 0) is 51.7 Å². The van der Waals surface area contributed by atoms with Gasteiger partial charge in [-0.3, -0.25) is 4.98 Å². The van der Waals surface area contributed by atoms with Crippen molar-refractivity contribution in [3.63, 3.8) is 0 Å². The summed E-state index contributed by atoms with van der Waals surface area (Å²) in [4.78, 5) is 4.15. The predicted octanol–water partition coefficient (Wildman–Crippen LogP) is 2.76. The minimum absolute atomic E-state index is 0.274. The molecule has 2 unspecified atom stereocenters. The van der Waals surface area contributed by atoms with Crippen LogP contribution in [0.1, 0.15) is 25.8 Å². The average molecular weight is 269 g/mol. The van der Waals surface area contributed by atoms with Gasteiger partial charge in [0.05, 0.1) is 0 Å². The molecular weight excluding hydrogens is 252 g/mol. The molecule has 2 atom stereocenters. The molecule has 0 saturated heterocycles. The van der Waals surface area contributed by atoms with E-state index in [1.807, 2.05) is 6.20 Å². The van der Waals surface area contributed by atoms with E-state index in [2.05, 4.69) is 40.8 Å². The van der Waals surface area contributed by atoms with Gasteiger partial charge in [0.2, 0.25) is 0 Å². The van der Waals surface area contributed by atoms with Crippen molar-refractivity contribution in [2.75, 3.05) is 0 Å². The van der Waals surface area contributed by atoms with Crippen molar-refractivity contribution in [1.82, 2.24) is 4.98 Å². The van der Waals surface area contributed by atoms with E-state index < -0.39 is 0 Å². The van der Waals surface area contributed by atoms with Crippen LogP contribution in [0, 0.1) is 11.3 Å². The summed E-state index contributed by atoms with van der Waals surface area (Å²) in [6.07, 6.45) is 5.90. The molecular formula is C12H17BrN2. The number of hydrogen-bond acceptors (Lipinski definition) is 2. The van der Waals surface area contributed by atoms with Crippen molar-refractivity contribution in [2.24, 2.45) is 17.1 Å². The first kappa shape index (κ1) is 11.1. The minimum Gasteiger partial charge on any atom is -0.327 e. The third-order valence-corrected chi connectivity index (χ3v) is 3.77. The fraction of sp³-hybridized carbons (Fsp3) is 0.583. The number of hydrogen-bond donors (Lipinski definition) is 1. The zero-order chi connectivity index (χ0) is 11.1. The van der Waals surface area contributed by atoms with Crippen LogP contribution in [0.4, 0.5) is 0 Å². The molecule has 3 heteroatoms. The highest BCUT2D eigenvalue weighted by atomic mass is 79.9. The molecule has 1 aliphatic rings. The molecule has 2 rings (SSSR count). The molecule has 0 aromatic carbocycles. The van der Waals surface area contributed by atoms with Crippen LogP contribution in [0.2, 0.25) is 0 Å². The maximum atomic E-state index is 6.19. The Hall–Kier alpha value is -0.410. The van der Waals surface area contributed by atoms with E-state index in [0.29, 0.717) is 11.3 Å². The highest BCUT2D eigenvalue weighted by molar-refractivity contribution is 9.10. The van der Waals surface area contributed by atoms with E-state index in [1.54, 1.807) is 6.20 Å². The Kier molecular flexibility index (Phi) is 2.86. The van der Waals surface area contributed by atoms with Gasteiger partial charge in [0.25, 0.3) is 0 Å². The van der Waals surface area contributed by atoms with Crippen molar-refractivity contribution in [3.8, 4) is 0 Å². The van der Waals surface area contributed by atoms with Gasteiger partial charge < -0.3 is 5.73 Å². The van der Waals surface area contributed by atoms with Gasteiger partial charge in [-0.25, -0.2) is 0 Å². The first-order chi connectivity index (χ1) is 6.99. The van der Waals surface area contributed by atoms with Crippen LogP contribution in [0.25, 0.3) is 0 Å². The maximum Gasteiger partial charge on any atom is 0.0410 e. The van der Waals surface area contributed by atoms with Crippen molar-refractivity contribution >= 4 is 15.9 Å². The zero-order valence-electron chi connectivity index (χ0n) is 9.20. The molecule has 2 N–H and O–H groups in total. The van der Waals surface area contributed by atoms with Gasteiger partial charge in [-0.15, -0.1) is 0 Å². The Bertz CT molecular complexity index is 362. The summed E-state index contributed by atoms with van der Waals surface area (Å²) in [5, 5.41) is 0. The normalized spacial score (nSPS) is 24.9. The number of nitrogens with two attached hydrogens (primary N) is 1. The largest absolute Gasteiger partial charge is 0.327 e. The van der Waals surface area contributed by atoms with Crippen LogP contribution in [0.15, 0.2) is 22.9 Å². The summed E-state index contributed by atoms with van der Waals surface area (Å²) in [7, 11) is 0. The molecule has 15 heavy (non-hydrogen) atoms. The SMILES string of the molecule is CC1(C)CC1C(N)Cc1cncc(Br)c1. The Balaban J connectivity index is 1.98. The third-order valence-electron chi connectivity index (χ3n) is 3.34. The summed E-state index contributed by atoms with van der Waals surface area (Å²) in [6, 6.07) is 2.37. The van der Waals surface area contributed by atoms with Gasteiger partial charge in [0.1, 0.15) is 0 Å². The van der Waals surface area contributed by atoms with Crippen LogP contribution in [0.5, 0.6) is 0 Å². The Morgan fingerprint density at radius 2 is 2.27 bits per heavy atom. The van der Waals surface area contributed by atoms with Crippen LogP contribution < -0.4 is 5.73 Å². The first-order valence-electron chi connectivity index (χ1n) is 5.34. The Morgan fingerprint density at radius 3 is 2.80 bits per heavy atom. The lowest BCUT2D eigenvalue weighted by molar-refractivity contribution is 0.476. The molecule has 1 aromatic heterocycles. The van der Waals surface area contributed by atoms with E-state index in [1.165, 1.54) is 12.0 Å². The smallest absolute Gasteiger partial charge is 0.0410 e. The molecule has 0 amide bonds. The Labute approximate surface area is 99.4 Å². The lowest BCUT2D eigenvalue weighted by Gasteiger charge is -2.13. The summed E-state index contributed by atoms with van der Waals surface area (Å²) in [5.41, 5.74) is 7.87. The minimum atomic E-state index is 0.274. The fourth-order valence-corrected chi connectivity index (χ4v) is 2.63. The second-order valence-corrected chi connectivity index (χ2v) is 6.09. The molecule has 0 bridgehead atoms. The van der Waals surface area contributed by atoms with E-state index >= 15 is 0 Å². The lowest BCUT2D eigenvalue weighted by atomic mass is 9.99. The van der Waals surface area contributed by atoms with Crippen LogP contribution in [-0.4, -0.2) is 11.0 Å². The molecule has 1 fully saturated rings. The standard InChI is InChI=1S/C12H17BrN2/c1-12(2)5-10(12)11(14)4-8-3-9(13)7-15-6-8/h3,6-7,10-11H,4-5,14H2,1-2H3. The van der Waals surface area contributed by atoms with Gasteiger partial charge in [-0.1, -0.05) is 13.8 Å². The van der Waals surface area contributed by atoms with Gasteiger partial charge in [0, 0.05) is 22.9 Å². The average Bonchev–Trinajstić information content (AvgIpc) is 2.75. The third kappa shape index (κ3) is 2.58. The van der Waals surface area contributed by atoms with Crippen molar-refractivity contribution in [3.05, 3.63) is 28.5 Å². The fourth-order valence-electron chi connectivity index (χ4n) is 2.22. The molecule has 82 valence electrons. The summed E-state index contributed by atoms with van der Waals surface area (Å²) < 4.78 is 1.03. The molecule has 0 spiro atoms. The molecule has 1 aliphatic carbocycles. The highest BCUT2D eigenvalue weighted by Crippen LogP contribution is 2.53. The summed E-state index contributed by atoms with van der Waals surface area (Å²) >= 11 is 3.42. The number of halogens is 1. The van der Waals surface area contributed by atoms with Gasteiger partial charge >= 0.3 is 0 Å². The number of aromatic nitrogens is 1. The van der Waals surface area contributed by atoms with Crippen LogP contribution in [0.3, 0.4) is 0 Å². The molecule has 1 aromatic rings. The second kappa shape index (κ2) is 3.87. The maximum absolute atomic E-state index is 6.19. The van der Waals surface area contributed by atoms with Gasteiger partial charge in [-0.2, -0.15) is 0 Å². The van der Waals surface area contributed by atoms with Crippen molar-refractivity contribution in [1.29, 1.82) is 0 Å². The Morgan fingerprint density at radius 1 is 1.60 bits per heavy atom. The quantitative estimate of drug-likeness (QED) is 0.916. The molecule has 1 saturated carbocycles. The number of rotatable bonds is 3.